The number of nitrogens with zero attached hydrogens (tertiary/aromatic N) is 4. The Kier molecular flexibility index (Phi) is 5.24. The number of aromatic nitrogens is 4. The number of imidazole rings is 1. The molecule has 1 saturated heterocycles. The van der Waals surface area contributed by atoms with Gasteiger partial charge in [0.05, 0.1) is 12.9 Å². The van der Waals surface area contributed by atoms with E-state index in [0.717, 1.165) is 0 Å². The van der Waals surface area contributed by atoms with Crippen LogP contribution in [0.2, 0.25) is 0 Å². The van der Waals surface area contributed by atoms with Gasteiger partial charge in [0.2, 0.25) is 0 Å². The number of anilines is 1. The fourth-order valence-electron chi connectivity index (χ4n) is 4.12. The van der Waals surface area contributed by atoms with Gasteiger partial charge in [0.1, 0.15) is 24.6 Å². The Balaban J connectivity index is 1.38. The molecule has 160 valence electrons. The summed E-state index contributed by atoms with van der Waals surface area (Å²) in [5, 5.41) is 33.1. The first-order valence-electron chi connectivity index (χ1n) is 10.1. The van der Waals surface area contributed by atoms with E-state index in [1.165, 1.54) is 23.8 Å². The van der Waals surface area contributed by atoms with E-state index in [2.05, 4.69) is 50.6 Å². The number of hydrogen-bond acceptors (Lipinski definition) is 8. The first kappa shape index (κ1) is 19.8. The van der Waals surface area contributed by atoms with E-state index < -0.39 is 31.1 Å². The minimum atomic E-state index is -1.21. The molecule has 5 atom stereocenters. The first-order valence-corrected chi connectivity index (χ1v) is 10.1. The molecular weight excluding hydrogens is 398 g/mol. The smallest absolute Gasteiger partial charge is 0.167 e. The van der Waals surface area contributed by atoms with Crippen molar-refractivity contribution in [3.05, 3.63) is 72.4 Å². The largest absolute Gasteiger partial charge is 0.394 e. The van der Waals surface area contributed by atoms with Gasteiger partial charge in [-0.15, -0.1) is 0 Å². The molecule has 5 rings (SSSR count). The lowest BCUT2D eigenvalue weighted by Crippen LogP contribution is -2.33. The third kappa shape index (κ3) is 3.51. The maximum Gasteiger partial charge on any atom is 0.167 e. The van der Waals surface area contributed by atoms with Gasteiger partial charge in [0.25, 0.3) is 0 Å². The van der Waals surface area contributed by atoms with Crippen LogP contribution in [0.5, 0.6) is 0 Å². The third-order valence-electron chi connectivity index (χ3n) is 5.77. The van der Waals surface area contributed by atoms with Crippen molar-refractivity contribution in [1.82, 2.24) is 19.5 Å². The number of rotatable bonds is 5. The van der Waals surface area contributed by atoms with E-state index in [0.29, 0.717) is 23.5 Å². The van der Waals surface area contributed by atoms with Crippen LogP contribution in [0.25, 0.3) is 11.2 Å². The van der Waals surface area contributed by atoms with Crippen molar-refractivity contribution in [2.45, 2.75) is 24.5 Å². The van der Waals surface area contributed by atoms with Crippen LogP contribution in [0.3, 0.4) is 0 Å². The van der Waals surface area contributed by atoms with Crippen molar-refractivity contribution < 1.29 is 20.1 Å². The van der Waals surface area contributed by atoms with Crippen LogP contribution >= 0.6 is 0 Å². The Hall–Kier alpha value is -3.11. The Morgan fingerprint density at radius 1 is 1.03 bits per heavy atom. The number of allylic oxidation sites excluding steroid dienone is 8. The lowest BCUT2D eigenvalue weighted by atomic mass is 9.88. The van der Waals surface area contributed by atoms with E-state index in [4.69, 9.17) is 4.74 Å². The van der Waals surface area contributed by atoms with Crippen LogP contribution < -0.4 is 5.32 Å². The van der Waals surface area contributed by atoms with Crippen molar-refractivity contribution in [2.75, 3.05) is 18.5 Å². The van der Waals surface area contributed by atoms with E-state index in [1.54, 1.807) is 4.57 Å². The highest BCUT2D eigenvalue weighted by molar-refractivity contribution is 5.82. The van der Waals surface area contributed by atoms with Gasteiger partial charge in [-0.3, -0.25) is 4.57 Å². The summed E-state index contributed by atoms with van der Waals surface area (Å²) in [4.78, 5) is 13.0. The average molecular weight is 421 g/mol. The second kappa shape index (κ2) is 8.20. The number of hydrogen-bond donors (Lipinski definition) is 4. The second-order valence-corrected chi connectivity index (χ2v) is 7.64. The van der Waals surface area contributed by atoms with Crippen molar-refractivity contribution in [1.29, 1.82) is 0 Å². The molecule has 4 N–H and O–H groups in total. The van der Waals surface area contributed by atoms with Crippen LogP contribution in [0.4, 0.5) is 5.82 Å². The van der Waals surface area contributed by atoms with Gasteiger partial charge in [-0.25, -0.2) is 15.0 Å². The molecule has 9 heteroatoms. The quantitative estimate of drug-likeness (QED) is 0.564. The maximum atomic E-state index is 10.3. The molecular formula is C22H23N5O4. The molecule has 9 nitrogen and oxygen atoms in total. The monoisotopic (exact) mass is 421 g/mol. The van der Waals surface area contributed by atoms with E-state index in [9.17, 15) is 15.3 Å². The highest BCUT2D eigenvalue weighted by atomic mass is 16.6. The number of aliphatic hydroxyl groups is 3. The summed E-state index contributed by atoms with van der Waals surface area (Å²) in [6.45, 7) is 0.225. The molecule has 2 aliphatic carbocycles. The average Bonchev–Trinajstić information content (AvgIpc) is 3.23. The number of ether oxygens (including phenoxy) is 1. The molecule has 0 amide bonds. The summed E-state index contributed by atoms with van der Waals surface area (Å²) in [7, 11) is 0. The van der Waals surface area contributed by atoms with Gasteiger partial charge < -0.3 is 25.4 Å². The molecule has 2 aromatic heterocycles. The molecule has 1 aliphatic heterocycles. The molecule has 2 aromatic rings. The summed E-state index contributed by atoms with van der Waals surface area (Å²) in [5.74, 6) is 0.736. The molecule has 0 spiro atoms. The lowest BCUT2D eigenvalue weighted by Gasteiger charge is -2.21. The predicted molar refractivity (Wildman–Crippen MR) is 114 cm³/mol. The minimum Gasteiger partial charge on any atom is -0.394 e. The molecule has 0 bridgehead atoms. The number of nitrogens with one attached hydrogen (secondary N) is 1. The standard InChI is InChI=1S/C22H23N5O4/c28-10-16-18(29)19(30)22(31-16)27-12-26-17-20(24-11-25-21(17)27)23-9-14-7-4-6-13-5-2-1-3-8-15(13)14/h1-8,11-12,14,16,18-19,22,28-30H,9-10H2,(H,23,24,25)/t14?,16-,18-,19-,22-/m1/s1. The van der Waals surface area contributed by atoms with Crippen molar-refractivity contribution in [2.24, 2.45) is 5.92 Å². The summed E-state index contributed by atoms with van der Waals surface area (Å²) in [5.41, 5.74) is 3.40. The molecule has 3 aliphatic rings. The molecule has 0 aromatic carbocycles. The van der Waals surface area contributed by atoms with E-state index >= 15 is 0 Å². The van der Waals surface area contributed by atoms with Gasteiger partial charge in [0.15, 0.2) is 23.2 Å². The Bertz CT molecular complexity index is 1130. The van der Waals surface area contributed by atoms with E-state index in [-0.39, 0.29) is 5.92 Å². The molecule has 0 radical (unpaired) electrons. The Labute approximate surface area is 178 Å². The minimum absolute atomic E-state index is 0.167. The van der Waals surface area contributed by atoms with Gasteiger partial charge in [0, 0.05) is 12.5 Å². The van der Waals surface area contributed by atoms with Crippen LogP contribution in [-0.4, -0.2) is 66.3 Å². The summed E-state index contributed by atoms with van der Waals surface area (Å²) in [6, 6.07) is 0. The number of aliphatic hydroxyl groups excluding tert-OH is 3. The third-order valence-corrected chi connectivity index (χ3v) is 5.77. The highest BCUT2D eigenvalue weighted by Gasteiger charge is 2.44. The topological polar surface area (TPSA) is 126 Å². The molecule has 1 fully saturated rings. The Morgan fingerprint density at radius 2 is 1.94 bits per heavy atom. The summed E-state index contributed by atoms with van der Waals surface area (Å²) < 4.78 is 7.16. The zero-order chi connectivity index (χ0) is 21.4. The van der Waals surface area contributed by atoms with Crippen LogP contribution in [0.1, 0.15) is 6.23 Å². The van der Waals surface area contributed by atoms with Gasteiger partial charge in [-0.2, -0.15) is 0 Å². The fraction of sp³-hybridized carbons (Fsp3) is 0.318. The zero-order valence-corrected chi connectivity index (χ0v) is 16.6. The molecule has 1 unspecified atom stereocenters. The van der Waals surface area contributed by atoms with Gasteiger partial charge >= 0.3 is 0 Å². The van der Waals surface area contributed by atoms with E-state index in [1.807, 2.05) is 18.2 Å². The first-order chi connectivity index (χ1) is 15.2. The lowest BCUT2D eigenvalue weighted by molar-refractivity contribution is -0.0511. The molecule has 31 heavy (non-hydrogen) atoms. The van der Waals surface area contributed by atoms with Gasteiger partial charge in [-0.1, -0.05) is 48.6 Å². The summed E-state index contributed by atoms with van der Waals surface area (Å²) in [6.07, 6.45) is 15.3. The Morgan fingerprint density at radius 3 is 2.77 bits per heavy atom. The highest BCUT2D eigenvalue weighted by Crippen LogP contribution is 2.33. The SMILES string of the molecule is OC[C@H]1O[C@@H](n2cnc3c(NCC4C=CC=C5C=CC=CC=C54)ncnc32)[C@H](O)[C@@H]1O. The normalized spacial score (nSPS) is 29.6. The maximum absolute atomic E-state index is 10.3. The van der Waals surface area contributed by atoms with Crippen molar-refractivity contribution in [3.8, 4) is 0 Å². The van der Waals surface area contributed by atoms with Crippen LogP contribution in [0, 0.1) is 5.92 Å². The van der Waals surface area contributed by atoms with Crippen molar-refractivity contribution >= 4 is 17.0 Å². The van der Waals surface area contributed by atoms with Gasteiger partial charge in [-0.05, 0) is 11.1 Å². The van der Waals surface area contributed by atoms with Crippen molar-refractivity contribution in [3.63, 3.8) is 0 Å². The molecule has 0 saturated carbocycles. The predicted octanol–water partition coefficient (Wildman–Crippen LogP) is 1.01. The second-order valence-electron chi connectivity index (χ2n) is 7.64. The van der Waals surface area contributed by atoms with Crippen LogP contribution in [-0.2, 0) is 4.74 Å². The van der Waals surface area contributed by atoms with Crippen LogP contribution in [0.15, 0.2) is 72.4 Å². The zero-order valence-electron chi connectivity index (χ0n) is 16.6. The summed E-state index contributed by atoms with van der Waals surface area (Å²) >= 11 is 0. The number of fused-ring (bicyclic) bond motifs is 2. The fourth-order valence-corrected chi connectivity index (χ4v) is 4.12. The molecule has 3 heterocycles.